The lowest BCUT2D eigenvalue weighted by atomic mass is 10.2. The van der Waals surface area contributed by atoms with Crippen LogP contribution in [0.3, 0.4) is 0 Å². The number of non-ortho nitro benzene ring substituents is 1. The molecule has 28 heavy (non-hydrogen) atoms. The Bertz CT molecular complexity index is 1180. The molecule has 0 unspecified atom stereocenters. The summed E-state index contributed by atoms with van der Waals surface area (Å²) in [4.78, 5) is 48.6. The van der Waals surface area contributed by atoms with Crippen LogP contribution in [0, 0.1) is 10.1 Å². The highest BCUT2D eigenvalue weighted by molar-refractivity contribution is 5.81. The van der Waals surface area contributed by atoms with E-state index >= 15 is 0 Å². The highest BCUT2D eigenvalue weighted by atomic mass is 16.6. The van der Waals surface area contributed by atoms with Crippen molar-refractivity contribution in [1.29, 1.82) is 0 Å². The number of nitrogens with zero attached hydrogens (tertiary/aromatic N) is 3. The lowest BCUT2D eigenvalue weighted by molar-refractivity contribution is -0.384. The molecule has 9 nitrogen and oxygen atoms in total. The number of para-hydroxylation sites is 1. The molecule has 0 saturated carbocycles. The molecule has 3 rings (SSSR count). The fourth-order valence-corrected chi connectivity index (χ4v) is 2.91. The maximum Gasteiger partial charge on any atom is 0.336 e. The monoisotopic (exact) mass is 382 g/mol. The first kappa shape index (κ1) is 19.0. The SMILES string of the molecule is CCCNC(=O)Cn1c(=O)n(-c2cccc([N+](=O)[O-])c2)c(=O)c2ccccc21. The summed E-state index contributed by atoms with van der Waals surface area (Å²) in [7, 11) is 0. The molecule has 0 aliphatic rings. The molecule has 0 aliphatic heterocycles. The number of rotatable bonds is 6. The Kier molecular flexibility index (Phi) is 5.35. The number of fused-ring (bicyclic) bond motifs is 1. The molecule has 0 saturated heterocycles. The minimum atomic E-state index is -0.740. The van der Waals surface area contributed by atoms with Crippen LogP contribution in [0.1, 0.15) is 13.3 Å². The van der Waals surface area contributed by atoms with Crippen LogP contribution in [0.4, 0.5) is 5.69 Å². The summed E-state index contributed by atoms with van der Waals surface area (Å²) in [6.07, 6.45) is 0.745. The van der Waals surface area contributed by atoms with Crippen molar-refractivity contribution < 1.29 is 9.72 Å². The molecule has 1 amide bonds. The number of aromatic nitrogens is 2. The van der Waals surface area contributed by atoms with Crippen LogP contribution in [-0.2, 0) is 11.3 Å². The Morgan fingerprint density at radius 2 is 1.89 bits per heavy atom. The standard InChI is InChI=1S/C19H18N4O5/c1-2-10-20-17(24)12-21-16-9-4-3-8-15(16)18(25)22(19(21)26)13-6-5-7-14(11-13)23(27)28/h3-9,11H,2,10,12H2,1H3,(H,20,24). The maximum absolute atomic E-state index is 13.1. The van der Waals surface area contributed by atoms with Crippen LogP contribution in [-0.4, -0.2) is 26.5 Å². The van der Waals surface area contributed by atoms with Gasteiger partial charge in [-0.15, -0.1) is 0 Å². The molecule has 1 heterocycles. The third-order valence-corrected chi connectivity index (χ3v) is 4.22. The van der Waals surface area contributed by atoms with E-state index in [1.54, 1.807) is 24.3 Å². The Morgan fingerprint density at radius 1 is 1.14 bits per heavy atom. The summed E-state index contributed by atoms with van der Waals surface area (Å²) in [6.45, 7) is 2.11. The predicted molar refractivity (Wildman–Crippen MR) is 104 cm³/mol. The number of nitro benzene ring substituents is 1. The van der Waals surface area contributed by atoms with Gasteiger partial charge in [-0.1, -0.05) is 25.1 Å². The number of nitrogens with one attached hydrogen (secondary N) is 1. The average molecular weight is 382 g/mol. The van der Waals surface area contributed by atoms with Crippen molar-refractivity contribution in [1.82, 2.24) is 14.5 Å². The van der Waals surface area contributed by atoms with E-state index in [2.05, 4.69) is 5.32 Å². The molecule has 1 aromatic heterocycles. The van der Waals surface area contributed by atoms with Gasteiger partial charge < -0.3 is 5.32 Å². The zero-order valence-corrected chi connectivity index (χ0v) is 15.1. The van der Waals surface area contributed by atoms with Crippen LogP contribution >= 0.6 is 0 Å². The van der Waals surface area contributed by atoms with E-state index in [4.69, 9.17) is 0 Å². The second-order valence-electron chi connectivity index (χ2n) is 6.15. The van der Waals surface area contributed by atoms with E-state index in [0.29, 0.717) is 12.1 Å². The number of hydrogen-bond acceptors (Lipinski definition) is 5. The van der Waals surface area contributed by atoms with Gasteiger partial charge in [-0.2, -0.15) is 0 Å². The highest BCUT2D eigenvalue weighted by Crippen LogP contribution is 2.16. The van der Waals surface area contributed by atoms with Gasteiger partial charge in [0, 0.05) is 18.7 Å². The van der Waals surface area contributed by atoms with Crippen molar-refractivity contribution >= 4 is 22.5 Å². The number of hydrogen-bond donors (Lipinski definition) is 1. The van der Waals surface area contributed by atoms with Crippen LogP contribution in [0.5, 0.6) is 0 Å². The van der Waals surface area contributed by atoms with E-state index in [9.17, 15) is 24.5 Å². The Balaban J connectivity index is 2.26. The molecule has 0 radical (unpaired) electrons. The topological polar surface area (TPSA) is 116 Å². The molecule has 144 valence electrons. The van der Waals surface area contributed by atoms with Gasteiger partial charge in [0.15, 0.2) is 0 Å². The van der Waals surface area contributed by atoms with E-state index in [-0.39, 0.29) is 29.2 Å². The van der Waals surface area contributed by atoms with E-state index in [1.165, 1.54) is 22.8 Å². The molecule has 0 spiro atoms. The number of benzene rings is 2. The van der Waals surface area contributed by atoms with E-state index < -0.39 is 16.2 Å². The number of carbonyl (C=O) groups excluding carboxylic acids is 1. The minimum Gasteiger partial charge on any atom is -0.355 e. The highest BCUT2D eigenvalue weighted by Gasteiger charge is 2.17. The summed E-state index contributed by atoms with van der Waals surface area (Å²) >= 11 is 0. The van der Waals surface area contributed by atoms with Crippen LogP contribution < -0.4 is 16.6 Å². The molecule has 1 N–H and O–H groups in total. The number of nitro groups is 1. The van der Waals surface area contributed by atoms with Crippen LogP contribution in [0.2, 0.25) is 0 Å². The molecule has 3 aromatic rings. The largest absolute Gasteiger partial charge is 0.355 e. The summed E-state index contributed by atoms with van der Waals surface area (Å²) < 4.78 is 2.04. The van der Waals surface area contributed by atoms with Crippen molar-refractivity contribution in [2.24, 2.45) is 0 Å². The van der Waals surface area contributed by atoms with Crippen molar-refractivity contribution in [2.75, 3.05) is 6.54 Å². The lowest BCUT2D eigenvalue weighted by Crippen LogP contribution is -2.41. The third-order valence-electron chi connectivity index (χ3n) is 4.22. The Hall–Kier alpha value is -3.75. The minimum absolute atomic E-state index is 0.0673. The Morgan fingerprint density at radius 3 is 2.61 bits per heavy atom. The average Bonchev–Trinajstić information content (AvgIpc) is 2.70. The van der Waals surface area contributed by atoms with Crippen LogP contribution in [0.15, 0.2) is 58.1 Å². The summed E-state index contributed by atoms with van der Waals surface area (Å²) in [6, 6.07) is 11.7. The van der Waals surface area contributed by atoms with Gasteiger partial charge >= 0.3 is 5.69 Å². The molecular formula is C19H18N4O5. The lowest BCUT2D eigenvalue weighted by Gasteiger charge is -2.14. The van der Waals surface area contributed by atoms with Gasteiger partial charge in [0.2, 0.25) is 5.91 Å². The van der Waals surface area contributed by atoms with Gasteiger partial charge in [0.05, 0.1) is 21.5 Å². The second-order valence-corrected chi connectivity index (χ2v) is 6.15. The molecule has 0 fully saturated rings. The number of carbonyl (C=O) groups is 1. The molecular weight excluding hydrogens is 364 g/mol. The predicted octanol–water partition coefficient (Wildman–Crippen LogP) is 1.59. The van der Waals surface area contributed by atoms with Gasteiger partial charge in [0.1, 0.15) is 6.54 Å². The van der Waals surface area contributed by atoms with Gasteiger partial charge in [0.25, 0.3) is 11.2 Å². The summed E-state index contributed by atoms with van der Waals surface area (Å²) in [5, 5.41) is 14.0. The maximum atomic E-state index is 13.1. The quantitative estimate of drug-likeness (QED) is 0.513. The number of amides is 1. The van der Waals surface area contributed by atoms with E-state index in [1.807, 2.05) is 6.92 Å². The van der Waals surface area contributed by atoms with Crippen molar-refractivity contribution in [2.45, 2.75) is 19.9 Å². The normalized spacial score (nSPS) is 10.8. The zero-order valence-electron chi connectivity index (χ0n) is 15.1. The van der Waals surface area contributed by atoms with Gasteiger partial charge in [-0.3, -0.25) is 24.3 Å². The molecule has 9 heteroatoms. The zero-order chi connectivity index (χ0) is 20.3. The third kappa shape index (κ3) is 3.54. The van der Waals surface area contributed by atoms with Crippen molar-refractivity contribution in [3.8, 4) is 5.69 Å². The second kappa shape index (κ2) is 7.87. The van der Waals surface area contributed by atoms with Gasteiger partial charge in [-0.05, 0) is 24.6 Å². The fraction of sp³-hybridized carbons (Fsp3) is 0.211. The first-order valence-electron chi connectivity index (χ1n) is 8.70. The molecule has 2 aromatic carbocycles. The van der Waals surface area contributed by atoms with E-state index in [0.717, 1.165) is 17.1 Å². The molecule has 0 atom stereocenters. The van der Waals surface area contributed by atoms with Crippen LogP contribution in [0.25, 0.3) is 16.6 Å². The summed E-state index contributed by atoms with van der Waals surface area (Å²) in [5.41, 5.74) is -1.20. The fourth-order valence-electron chi connectivity index (χ4n) is 2.91. The van der Waals surface area contributed by atoms with Gasteiger partial charge in [-0.25, -0.2) is 9.36 Å². The first-order valence-corrected chi connectivity index (χ1v) is 8.70. The summed E-state index contributed by atoms with van der Waals surface area (Å²) in [5.74, 6) is -0.363. The smallest absolute Gasteiger partial charge is 0.336 e. The first-order chi connectivity index (χ1) is 13.4. The van der Waals surface area contributed by atoms with Crippen molar-refractivity contribution in [3.05, 3.63) is 79.5 Å². The Labute approximate surface area is 159 Å². The molecule has 0 bridgehead atoms. The molecule has 0 aliphatic carbocycles. The van der Waals surface area contributed by atoms with Crippen molar-refractivity contribution in [3.63, 3.8) is 0 Å².